The van der Waals surface area contributed by atoms with Crippen molar-refractivity contribution >= 4 is 44.0 Å². The van der Waals surface area contributed by atoms with E-state index >= 15 is 0 Å². The third-order valence-electron chi connectivity index (χ3n) is 5.72. The lowest BCUT2D eigenvalue weighted by Crippen LogP contribution is -2.43. The monoisotopic (exact) mass is 462 g/mol. The Morgan fingerprint density at radius 2 is 2.00 bits per heavy atom. The average Bonchev–Trinajstić information content (AvgIpc) is 3.41. The Morgan fingerprint density at radius 3 is 2.71 bits per heavy atom. The molecule has 0 spiro atoms. The molecule has 0 aliphatic carbocycles. The molecule has 1 saturated heterocycles. The Hall–Kier alpha value is -2.69. The normalized spacial score (nSPS) is 20.5. The fourth-order valence-electron chi connectivity index (χ4n) is 4.08. The highest BCUT2D eigenvalue weighted by molar-refractivity contribution is 7.92. The first kappa shape index (κ1) is 21.5. The van der Waals surface area contributed by atoms with Crippen LogP contribution in [-0.2, 0) is 19.4 Å². The van der Waals surface area contributed by atoms with Gasteiger partial charge in [0.25, 0.3) is 5.91 Å². The van der Waals surface area contributed by atoms with E-state index in [1.807, 2.05) is 18.2 Å². The van der Waals surface area contributed by atoms with Crippen LogP contribution in [0.5, 0.6) is 0 Å². The van der Waals surface area contributed by atoms with E-state index in [2.05, 4.69) is 5.32 Å². The third-order valence-corrected chi connectivity index (χ3v) is 9.77. The third kappa shape index (κ3) is 3.75. The van der Waals surface area contributed by atoms with Crippen LogP contribution in [0.1, 0.15) is 41.1 Å². The van der Waals surface area contributed by atoms with Crippen LogP contribution in [0.2, 0.25) is 0 Å². The van der Waals surface area contributed by atoms with Gasteiger partial charge in [-0.15, -0.1) is 11.3 Å². The molecule has 1 fully saturated rings. The zero-order chi connectivity index (χ0) is 22.2. The van der Waals surface area contributed by atoms with Crippen molar-refractivity contribution < 1.29 is 27.6 Å². The minimum atomic E-state index is -3.58. The molecule has 3 N–H and O–H groups in total. The van der Waals surface area contributed by atoms with Crippen molar-refractivity contribution in [2.45, 2.75) is 30.4 Å². The summed E-state index contributed by atoms with van der Waals surface area (Å²) >= 11 is 1.32. The Labute approximate surface area is 183 Å². The van der Waals surface area contributed by atoms with Gasteiger partial charge in [-0.05, 0) is 54.8 Å². The van der Waals surface area contributed by atoms with E-state index in [-0.39, 0.29) is 23.8 Å². The second-order valence-corrected chi connectivity index (χ2v) is 11.1. The summed E-state index contributed by atoms with van der Waals surface area (Å²) in [6.45, 7) is 0. The lowest BCUT2D eigenvalue weighted by Gasteiger charge is -2.35. The SMILES string of the molecule is CNC(=O)c1cc2cc(-c3ccc([C@@]4(CC(=O)NO)CCCCS4(=O)=O)s3)ccc2o1. The van der Waals surface area contributed by atoms with Crippen LogP contribution >= 0.6 is 11.3 Å². The second kappa shape index (κ2) is 8.10. The van der Waals surface area contributed by atoms with Gasteiger partial charge in [-0.3, -0.25) is 14.8 Å². The van der Waals surface area contributed by atoms with Crippen LogP contribution < -0.4 is 10.8 Å². The highest BCUT2D eigenvalue weighted by Crippen LogP contribution is 2.47. The van der Waals surface area contributed by atoms with Crippen molar-refractivity contribution in [1.82, 2.24) is 10.8 Å². The van der Waals surface area contributed by atoms with Gasteiger partial charge in [-0.1, -0.05) is 6.42 Å². The summed E-state index contributed by atoms with van der Waals surface area (Å²) in [6, 6.07) is 10.7. The molecule has 3 aromatic rings. The molecule has 10 heteroatoms. The van der Waals surface area contributed by atoms with Crippen molar-refractivity contribution in [2.75, 3.05) is 12.8 Å². The first-order valence-corrected chi connectivity index (χ1v) is 12.3. The number of rotatable bonds is 5. The molecule has 1 aliphatic heterocycles. The Kier molecular flexibility index (Phi) is 5.63. The number of hydrogen-bond acceptors (Lipinski definition) is 7. The van der Waals surface area contributed by atoms with Gasteiger partial charge in [0.1, 0.15) is 10.3 Å². The number of furan rings is 1. The first-order chi connectivity index (χ1) is 14.8. The maximum absolute atomic E-state index is 13.1. The summed E-state index contributed by atoms with van der Waals surface area (Å²) in [5.74, 6) is -0.809. The molecule has 1 aromatic carbocycles. The standard InChI is InChI=1S/C21H22N2O6S2/c1-22-20(25)16-11-14-10-13(4-5-15(14)29-16)17-6-7-18(30-17)21(12-19(24)23-26)8-2-3-9-31(21,27)28/h4-7,10-11,26H,2-3,8-9,12H2,1H3,(H,22,25)(H,23,24)/t21-/m0/s1. The summed E-state index contributed by atoms with van der Waals surface area (Å²) in [4.78, 5) is 25.2. The Morgan fingerprint density at radius 1 is 1.19 bits per heavy atom. The van der Waals surface area contributed by atoms with Crippen molar-refractivity contribution in [1.29, 1.82) is 0 Å². The fraction of sp³-hybridized carbons (Fsp3) is 0.333. The molecule has 1 atom stereocenters. The van der Waals surface area contributed by atoms with Gasteiger partial charge in [0, 0.05) is 22.2 Å². The van der Waals surface area contributed by atoms with E-state index in [1.54, 1.807) is 23.7 Å². The molecule has 8 nitrogen and oxygen atoms in total. The first-order valence-electron chi connectivity index (χ1n) is 9.81. The van der Waals surface area contributed by atoms with E-state index < -0.39 is 20.5 Å². The largest absolute Gasteiger partial charge is 0.451 e. The molecule has 0 saturated carbocycles. The molecule has 31 heavy (non-hydrogen) atoms. The maximum atomic E-state index is 13.1. The molecule has 164 valence electrons. The van der Waals surface area contributed by atoms with Crippen LogP contribution in [0.25, 0.3) is 21.4 Å². The number of hydrogen-bond donors (Lipinski definition) is 3. The van der Waals surface area contributed by atoms with Gasteiger partial charge >= 0.3 is 0 Å². The molecule has 3 heterocycles. The second-order valence-electron chi connectivity index (χ2n) is 7.59. The van der Waals surface area contributed by atoms with Gasteiger partial charge in [-0.25, -0.2) is 13.9 Å². The Bertz CT molecular complexity index is 1260. The topological polar surface area (TPSA) is 126 Å². The van der Waals surface area contributed by atoms with Crippen molar-refractivity contribution in [3.63, 3.8) is 0 Å². The molecule has 4 rings (SSSR count). The number of sulfone groups is 1. The summed E-state index contributed by atoms with van der Waals surface area (Å²) in [7, 11) is -2.05. The predicted octanol–water partition coefficient (Wildman–Crippen LogP) is 3.21. The number of nitrogens with one attached hydrogen (secondary N) is 2. The van der Waals surface area contributed by atoms with E-state index in [4.69, 9.17) is 9.62 Å². The zero-order valence-corrected chi connectivity index (χ0v) is 18.4. The minimum absolute atomic E-state index is 0.0161. The summed E-state index contributed by atoms with van der Waals surface area (Å²) in [5.41, 5.74) is 3.00. The molecule has 0 radical (unpaired) electrons. The van der Waals surface area contributed by atoms with Crippen LogP contribution in [0, 0.1) is 0 Å². The number of hydroxylamine groups is 1. The smallest absolute Gasteiger partial charge is 0.286 e. The Balaban J connectivity index is 1.75. The van der Waals surface area contributed by atoms with Gasteiger partial charge in [-0.2, -0.15) is 0 Å². The maximum Gasteiger partial charge on any atom is 0.286 e. The van der Waals surface area contributed by atoms with Gasteiger partial charge in [0.05, 0.1) is 12.2 Å². The molecule has 2 aromatic heterocycles. The van der Waals surface area contributed by atoms with Crippen molar-refractivity contribution in [2.24, 2.45) is 0 Å². The van der Waals surface area contributed by atoms with E-state index in [0.29, 0.717) is 29.7 Å². The number of benzene rings is 1. The number of thiophene rings is 1. The zero-order valence-electron chi connectivity index (χ0n) is 16.8. The molecule has 0 bridgehead atoms. The highest BCUT2D eigenvalue weighted by atomic mass is 32.2. The summed E-state index contributed by atoms with van der Waals surface area (Å²) < 4.78 is 30.3. The van der Waals surface area contributed by atoms with E-state index in [0.717, 1.165) is 15.8 Å². The molecule has 0 unspecified atom stereocenters. The molecule has 2 amide bonds. The predicted molar refractivity (Wildman–Crippen MR) is 117 cm³/mol. The fourth-order valence-corrected chi connectivity index (χ4v) is 7.86. The summed E-state index contributed by atoms with van der Waals surface area (Å²) in [6.07, 6.45) is 1.27. The average molecular weight is 463 g/mol. The van der Waals surface area contributed by atoms with Crippen molar-refractivity contribution in [3.05, 3.63) is 47.0 Å². The molecule has 1 aliphatic rings. The number of carbonyl (C=O) groups excluding carboxylic acids is 2. The van der Waals surface area contributed by atoms with Crippen LogP contribution in [-0.4, -0.2) is 38.2 Å². The highest BCUT2D eigenvalue weighted by Gasteiger charge is 2.49. The lowest BCUT2D eigenvalue weighted by atomic mass is 9.94. The number of fused-ring (bicyclic) bond motifs is 1. The minimum Gasteiger partial charge on any atom is -0.451 e. The summed E-state index contributed by atoms with van der Waals surface area (Å²) in [5, 5.41) is 12.3. The van der Waals surface area contributed by atoms with E-state index in [1.165, 1.54) is 18.4 Å². The lowest BCUT2D eigenvalue weighted by molar-refractivity contribution is -0.130. The van der Waals surface area contributed by atoms with Crippen LogP contribution in [0.4, 0.5) is 0 Å². The molecular weight excluding hydrogens is 440 g/mol. The van der Waals surface area contributed by atoms with E-state index in [9.17, 15) is 18.0 Å². The van der Waals surface area contributed by atoms with Crippen LogP contribution in [0.15, 0.2) is 40.8 Å². The number of carbonyl (C=O) groups is 2. The van der Waals surface area contributed by atoms with Crippen molar-refractivity contribution in [3.8, 4) is 10.4 Å². The van der Waals surface area contributed by atoms with Gasteiger partial charge < -0.3 is 9.73 Å². The molecular formula is C21H22N2O6S2. The quantitative estimate of drug-likeness (QED) is 0.395. The van der Waals surface area contributed by atoms with Gasteiger partial charge in [0.15, 0.2) is 15.6 Å². The number of amides is 2. The van der Waals surface area contributed by atoms with Gasteiger partial charge in [0.2, 0.25) is 5.91 Å². The van der Waals surface area contributed by atoms with Crippen LogP contribution in [0.3, 0.4) is 0 Å².